The van der Waals surface area contributed by atoms with Gasteiger partial charge in [0.2, 0.25) is 5.91 Å². The van der Waals surface area contributed by atoms with Crippen LogP contribution in [-0.2, 0) is 16.0 Å². The van der Waals surface area contributed by atoms with E-state index in [1.807, 2.05) is 31.2 Å². The van der Waals surface area contributed by atoms with Crippen LogP contribution in [0.2, 0.25) is 0 Å². The van der Waals surface area contributed by atoms with E-state index in [1.165, 1.54) is 5.56 Å². The van der Waals surface area contributed by atoms with Crippen LogP contribution < -0.4 is 5.32 Å². The van der Waals surface area contributed by atoms with E-state index in [9.17, 15) is 9.59 Å². The zero-order valence-electron chi connectivity index (χ0n) is 11.5. The van der Waals surface area contributed by atoms with Crippen molar-refractivity contribution in [2.75, 3.05) is 6.54 Å². The fraction of sp³-hybridized carbons (Fsp3) is 0.467. The zero-order chi connectivity index (χ0) is 14.3. The molecule has 1 aromatic rings. The van der Waals surface area contributed by atoms with Gasteiger partial charge >= 0.3 is 5.97 Å². The zero-order valence-corrected chi connectivity index (χ0v) is 11.5. The van der Waals surface area contributed by atoms with Gasteiger partial charge < -0.3 is 10.4 Å². The average molecular weight is 263 g/mol. The first kappa shape index (κ1) is 15.2. The predicted octanol–water partition coefficient (Wildman–Crippen LogP) is 2.15. The second-order valence-electron chi connectivity index (χ2n) is 4.67. The maximum Gasteiger partial charge on any atom is 0.308 e. The Morgan fingerprint density at radius 2 is 2.00 bits per heavy atom. The molecule has 1 aromatic carbocycles. The molecule has 2 N–H and O–H groups in total. The fourth-order valence-electron chi connectivity index (χ4n) is 1.87. The van der Waals surface area contributed by atoms with Gasteiger partial charge in [0.05, 0.1) is 5.92 Å². The maximum absolute atomic E-state index is 11.7. The van der Waals surface area contributed by atoms with Crippen LogP contribution in [-0.4, -0.2) is 23.5 Å². The summed E-state index contributed by atoms with van der Waals surface area (Å²) in [5.41, 5.74) is 2.33. The minimum absolute atomic E-state index is 0.0945. The van der Waals surface area contributed by atoms with E-state index in [0.29, 0.717) is 19.3 Å². The Morgan fingerprint density at radius 3 is 2.58 bits per heavy atom. The Morgan fingerprint density at radius 1 is 1.32 bits per heavy atom. The van der Waals surface area contributed by atoms with Crippen molar-refractivity contribution in [3.63, 3.8) is 0 Å². The van der Waals surface area contributed by atoms with Crippen molar-refractivity contribution in [3.05, 3.63) is 35.4 Å². The summed E-state index contributed by atoms with van der Waals surface area (Å²) in [4.78, 5) is 22.5. The first-order valence-electron chi connectivity index (χ1n) is 6.58. The highest BCUT2D eigenvalue weighted by Gasteiger charge is 2.15. The molecular weight excluding hydrogens is 242 g/mol. The van der Waals surface area contributed by atoms with Gasteiger partial charge in [-0.2, -0.15) is 0 Å². The number of hydrogen-bond donors (Lipinski definition) is 2. The third-order valence-corrected chi connectivity index (χ3v) is 3.27. The molecule has 1 amide bonds. The summed E-state index contributed by atoms with van der Waals surface area (Å²) in [6.07, 6.45) is 1.59. The summed E-state index contributed by atoms with van der Waals surface area (Å²) in [5, 5.41) is 11.6. The number of aliphatic carboxylic acids is 1. The van der Waals surface area contributed by atoms with Crippen molar-refractivity contribution in [1.82, 2.24) is 5.32 Å². The van der Waals surface area contributed by atoms with Gasteiger partial charge in [0.15, 0.2) is 0 Å². The number of carboxylic acid groups (broad SMARTS) is 1. The number of carboxylic acids is 1. The van der Waals surface area contributed by atoms with Crippen LogP contribution in [0.15, 0.2) is 24.3 Å². The molecule has 0 aliphatic heterocycles. The normalized spacial score (nSPS) is 11.9. The van der Waals surface area contributed by atoms with Crippen LogP contribution >= 0.6 is 0 Å². The van der Waals surface area contributed by atoms with Crippen LogP contribution in [0.5, 0.6) is 0 Å². The fourth-order valence-corrected chi connectivity index (χ4v) is 1.87. The summed E-state index contributed by atoms with van der Waals surface area (Å²) < 4.78 is 0. The number of aryl methyl sites for hydroxylation is 2. The molecule has 4 nitrogen and oxygen atoms in total. The van der Waals surface area contributed by atoms with Gasteiger partial charge in [0.25, 0.3) is 0 Å². The van der Waals surface area contributed by atoms with Crippen LogP contribution in [0.4, 0.5) is 0 Å². The van der Waals surface area contributed by atoms with Crippen LogP contribution in [0.1, 0.15) is 30.9 Å². The lowest BCUT2D eigenvalue weighted by Crippen LogP contribution is -2.32. The molecule has 0 saturated heterocycles. The van der Waals surface area contributed by atoms with E-state index in [4.69, 9.17) is 5.11 Å². The number of hydrogen-bond acceptors (Lipinski definition) is 2. The molecule has 4 heteroatoms. The van der Waals surface area contributed by atoms with Crippen molar-refractivity contribution < 1.29 is 14.7 Å². The first-order valence-corrected chi connectivity index (χ1v) is 6.58. The lowest BCUT2D eigenvalue weighted by atomic mass is 10.0. The summed E-state index contributed by atoms with van der Waals surface area (Å²) >= 11 is 0. The van der Waals surface area contributed by atoms with E-state index in [2.05, 4.69) is 5.32 Å². The van der Waals surface area contributed by atoms with Crippen molar-refractivity contribution >= 4 is 11.9 Å². The van der Waals surface area contributed by atoms with Crippen molar-refractivity contribution in [2.45, 2.75) is 33.1 Å². The highest BCUT2D eigenvalue weighted by atomic mass is 16.4. The molecule has 0 radical (unpaired) electrons. The number of carbonyl (C=O) groups is 2. The van der Waals surface area contributed by atoms with Gasteiger partial charge in [-0.05, 0) is 30.9 Å². The molecule has 0 aliphatic carbocycles. The van der Waals surface area contributed by atoms with E-state index in [0.717, 1.165) is 5.56 Å². The van der Waals surface area contributed by atoms with Gasteiger partial charge in [-0.3, -0.25) is 9.59 Å². The predicted molar refractivity (Wildman–Crippen MR) is 73.9 cm³/mol. The first-order chi connectivity index (χ1) is 9.04. The second-order valence-corrected chi connectivity index (χ2v) is 4.67. The van der Waals surface area contributed by atoms with Crippen molar-refractivity contribution in [1.29, 1.82) is 0 Å². The Labute approximate surface area is 113 Å². The minimum Gasteiger partial charge on any atom is -0.481 e. The topological polar surface area (TPSA) is 66.4 Å². The van der Waals surface area contributed by atoms with Crippen LogP contribution in [0, 0.1) is 12.8 Å². The average Bonchev–Trinajstić information content (AvgIpc) is 2.38. The SMILES string of the molecule is CCC(CNC(=O)CCc1ccccc1C)C(=O)O. The van der Waals surface area contributed by atoms with E-state index in [1.54, 1.807) is 6.92 Å². The highest BCUT2D eigenvalue weighted by molar-refractivity contribution is 5.77. The van der Waals surface area contributed by atoms with Gasteiger partial charge in [0, 0.05) is 13.0 Å². The van der Waals surface area contributed by atoms with Crippen molar-refractivity contribution in [2.24, 2.45) is 5.92 Å². The second kappa shape index (κ2) is 7.56. The molecule has 0 saturated carbocycles. The van der Waals surface area contributed by atoms with Gasteiger partial charge in [-0.1, -0.05) is 31.2 Å². The smallest absolute Gasteiger partial charge is 0.308 e. The molecule has 19 heavy (non-hydrogen) atoms. The molecule has 0 bridgehead atoms. The third-order valence-electron chi connectivity index (χ3n) is 3.27. The number of benzene rings is 1. The molecule has 1 unspecified atom stereocenters. The Balaban J connectivity index is 2.36. The van der Waals surface area contributed by atoms with Crippen LogP contribution in [0.25, 0.3) is 0 Å². The monoisotopic (exact) mass is 263 g/mol. The number of nitrogens with one attached hydrogen (secondary N) is 1. The maximum atomic E-state index is 11.7. The quantitative estimate of drug-likeness (QED) is 0.792. The van der Waals surface area contributed by atoms with E-state index in [-0.39, 0.29) is 12.5 Å². The Bertz CT molecular complexity index is 443. The third kappa shape index (κ3) is 5.12. The molecule has 104 valence electrons. The number of amides is 1. The van der Waals surface area contributed by atoms with Gasteiger partial charge in [-0.15, -0.1) is 0 Å². The number of rotatable bonds is 7. The minimum atomic E-state index is -0.860. The number of carbonyl (C=O) groups excluding carboxylic acids is 1. The standard InChI is InChI=1S/C15H21NO3/c1-3-12(15(18)19)10-16-14(17)9-8-13-7-5-4-6-11(13)2/h4-7,12H,3,8-10H2,1-2H3,(H,16,17)(H,18,19). The summed E-state index contributed by atoms with van der Waals surface area (Å²) in [7, 11) is 0. The molecule has 1 rings (SSSR count). The summed E-state index contributed by atoms with van der Waals surface area (Å²) in [6.45, 7) is 4.03. The van der Waals surface area contributed by atoms with Gasteiger partial charge in [-0.25, -0.2) is 0 Å². The molecule has 0 fully saturated rings. The van der Waals surface area contributed by atoms with E-state index >= 15 is 0 Å². The molecule has 0 heterocycles. The molecule has 0 aliphatic rings. The highest BCUT2D eigenvalue weighted by Crippen LogP contribution is 2.09. The largest absolute Gasteiger partial charge is 0.481 e. The molecule has 1 atom stereocenters. The summed E-state index contributed by atoms with van der Waals surface area (Å²) in [6, 6.07) is 7.95. The molecular formula is C15H21NO3. The Hall–Kier alpha value is -1.84. The van der Waals surface area contributed by atoms with Crippen molar-refractivity contribution in [3.8, 4) is 0 Å². The Kier molecular flexibility index (Phi) is 6.06. The molecule has 0 aromatic heterocycles. The van der Waals surface area contributed by atoms with E-state index < -0.39 is 11.9 Å². The lowest BCUT2D eigenvalue weighted by molar-refractivity contribution is -0.141. The van der Waals surface area contributed by atoms with Gasteiger partial charge in [0.1, 0.15) is 0 Å². The summed E-state index contributed by atoms with van der Waals surface area (Å²) in [5.74, 6) is -1.45. The van der Waals surface area contributed by atoms with Crippen LogP contribution in [0.3, 0.4) is 0 Å². The lowest BCUT2D eigenvalue weighted by Gasteiger charge is -2.11. The molecule has 0 spiro atoms.